The largest absolute Gasteiger partial charge is 0.332 e. The molecule has 0 aromatic rings. The van der Waals surface area contributed by atoms with E-state index >= 15 is 0 Å². The molecule has 1 aliphatic heterocycles. The summed E-state index contributed by atoms with van der Waals surface area (Å²) in [5.41, 5.74) is 0. The molecule has 1 radical (unpaired) electrons. The summed E-state index contributed by atoms with van der Waals surface area (Å²) in [5.74, 6) is 0.0370. The van der Waals surface area contributed by atoms with Gasteiger partial charge in [0.1, 0.15) is 0 Å². The van der Waals surface area contributed by atoms with Gasteiger partial charge in [0.2, 0.25) is 5.91 Å². The Morgan fingerprint density at radius 2 is 2.83 bits per heavy atom. The highest BCUT2D eigenvalue weighted by molar-refractivity contribution is 5.79. The Labute approximate surface area is 35.9 Å². The van der Waals surface area contributed by atoms with Crippen molar-refractivity contribution in [2.45, 2.75) is 6.42 Å². The molecule has 0 aromatic carbocycles. The van der Waals surface area contributed by atoms with Crippen molar-refractivity contribution in [3.8, 4) is 0 Å². The number of hydrogen-bond donors (Lipinski definition) is 1. The van der Waals surface area contributed by atoms with Crippen LogP contribution in [0.15, 0.2) is 6.20 Å². The van der Waals surface area contributed by atoms with Crippen LogP contribution in [0.2, 0.25) is 0 Å². The lowest BCUT2D eigenvalue weighted by Crippen LogP contribution is -2.08. The first-order valence-corrected chi connectivity index (χ1v) is 1.74. The topological polar surface area (TPSA) is 29.1 Å². The number of rotatable bonds is 0. The van der Waals surface area contributed by atoms with Crippen molar-refractivity contribution in [2.75, 3.05) is 0 Å². The Morgan fingerprint density at radius 1 is 2.00 bits per heavy atom. The predicted octanol–water partition coefficient (Wildman–Crippen LogP) is -0.177. The van der Waals surface area contributed by atoms with E-state index in [-0.39, 0.29) is 5.91 Å². The second-order valence-electron chi connectivity index (χ2n) is 1.09. The average molecular weight is 82.1 g/mol. The smallest absolute Gasteiger partial charge is 0.228 e. The minimum Gasteiger partial charge on any atom is -0.332 e. The van der Waals surface area contributed by atoms with E-state index in [0.717, 1.165) is 0 Å². The van der Waals surface area contributed by atoms with E-state index in [1.165, 1.54) is 6.20 Å². The first kappa shape index (κ1) is 3.40. The quantitative estimate of drug-likeness (QED) is 0.431. The summed E-state index contributed by atoms with van der Waals surface area (Å²) in [5, 5.41) is 2.44. The maximum atomic E-state index is 10.0. The third-order valence-electron chi connectivity index (χ3n) is 0.598. The van der Waals surface area contributed by atoms with Crippen LogP contribution >= 0.6 is 0 Å². The SMILES string of the molecule is O=C1C[C]=CN1. The van der Waals surface area contributed by atoms with E-state index in [1.807, 2.05) is 0 Å². The molecule has 1 heterocycles. The Morgan fingerprint density at radius 3 is 3.00 bits per heavy atom. The normalized spacial score (nSPS) is 18.3. The van der Waals surface area contributed by atoms with Crippen molar-refractivity contribution in [2.24, 2.45) is 0 Å². The van der Waals surface area contributed by atoms with Crippen molar-refractivity contribution >= 4 is 5.91 Å². The molecule has 0 aliphatic carbocycles. The third kappa shape index (κ3) is 0.407. The number of carbonyl (C=O) groups is 1. The summed E-state index contributed by atoms with van der Waals surface area (Å²) in [7, 11) is 0. The average Bonchev–Trinajstić information content (AvgIpc) is 1.86. The van der Waals surface area contributed by atoms with Crippen molar-refractivity contribution in [3.05, 3.63) is 12.3 Å². The van der Waals surface area contributed by atoms with Crippen LogP contribution in [0.3, 0.4) is 0 Å². The summed E-state index contributed by atoms with van der Waals surface area (Å²) in [6.07, 6.45) is 4.65. The van der Waals surface area contributed by atoms with E-state index in [1.54, 1.807) is 0 Å². The van der Waals surface area contributed by atoms with Crippen LogP contribution in [0.1, 0.15) is 6.42 Å². The van der Waals surface area contributed by atoms with Crippen LogP contribution in [0.25, 0.3) is 0 Å². The highest BCUT2D eigenvalue weighted by atomic mass is 16.1. The van der Waals surface area contributed by atoms with Gasteiger partial charge in [0.15, 0.2) is 0 Å². The summed E-state index contributed by atoms with van der Waals surface area (Å²) in [4.78, 5) is 10.0. The van der Waals surface area contributed by atoms with Crippen LogP contribution in [0.4, 0.5) is 0 Å². The lowest BCUT2D eigenvalue weighted by molar-refractivity contribution is -0.118. The second-order valence-corrected chi connectivity index (χ2v) is 1.09. The van der Waals surface area contributed by atoms with Crippen LogP contribution in [-0.2, 0) is 4.79 Å². The molecule has 31 valence electrons. The number of carbonyl (C=O) groups excluding carboxylic acids is 1. The van der Waals surface area contributed by atoms with Gasteiger partial charge in [0.25, 0.3) is 0 Å². The van der Waals surface area contributed by atoms with Crippen LogP contribution in [0, 0.1) is 6.08 Å². The van der Waals surface area contributed by atoms with Crippen LogP contribution < -0.4 is 5.32 Å². The van der Waals surface area contributed by atoms with E-state index < -0.39 is 0 Å². The molecule has 6 heavy (non-hydrogen) atoms. The fraction of sp³-hybridized carbons (Fsp3) is 0.250. The van der Waals surface area contributed by atoms with Gasteiger partial charge in [-0.15, -0.1) is 0 Å². The van der Waals surface area contributed by atoms with Gasteiger partial charge in [-0.1, -0.05) is 0 Å². The summed E-state index contributed by atoms with van der Waals surface area (Å²) >= 11 is 0. The van der Waals surface area contributed by atoms with Gasteiger partial charge in [-0.25, -0.2) is 0 Å². The highest BCUT2D eigenvalue weighted by Gasteiger charge is 1.98. The van der Waals surface area contributed by atoms with E-state index in [2.05, 4.69) is 11.4 Å². The predicted molar refractivity (Wildman–Crippen MR) is 20.6 cm³/mol. The van der Waals surface area contributed by atoms with E-state index in [9.17, 15) is 4.79 Å². The monoisotopic (exact) mass is 82.0 g/mol. The Kier molecular flexibility index (Phi) is 0.638. The van der Waals surface area contributed by atoms with Crippen molar-refractivity contribution < 1.29 is 4.79 Å². The molecule has 1 N–H and O–H groups in total. The molecule has 2 nitrogen and oxygen atoms in total. The molecular weight excluding hydrogens is 78.0 g/mol. The van der Waals surface area contributed by atoms with Crippen LogP contribution in [0.5, 0.6) is 0 Å². The van der Waals surface area contributed by atoms with Gasteiger partial charge in [-0.3, -0.25) is 4.79 Å². The molecule has 1 amide bonds. The zero-order valence-corrected chi connectivity index (χ0v) is 3.19. The number of nitrogens with one attached hydrogen (secondary N) is 1. The molecule has 1 rings (SSSR count). The van der Waals surface area contributed by atoms with Gasteiger partial charge < -0.3 is 5.32 Å². The van der Waals surface area contributed by atoms with Gasteiger partial charge in [-0.05, 0) is 6.08 Å². The Hall–Kier alpha value is -0.790. The van der Waals surface area contributed by atoms with Gasteiger partial charge in [0.05, 0.1) is 6.42 Å². The zero-order valence-electron chi connectivity index (χ0n) is 3.19. The molecular formula is C4H4NO. The first-order chi connectivity index (χ1) is 2.89. The zero-order chi connectivity index (χ0) is 4.41. The molecule has 0 aromatic heterocycles. The lowest BCUT2D eigenvalue weighted by Gasteiger charge is -1.78. The maximum Gasteiger partial charge on any atom is 0.228 e. The molecule has 0 fully saturated rings. The van der Waals surface area contributed by atoms with Gasteiger partial charge in [0, 0.05) is 6.20 Å². The molecule has 0 bridgehead atoms. The van der Waals surface area contributed by atoms with Gasteiger partial charge >= 0.3 is 0 Å². The van der Waals surface area contributed by atoms with Crippen LogP contribution in [-0.4, -0.2) is 5.91 Å². The lowest BCUT2D eigenvalue weighted by atomic mass is 10.5. The molecule has 1 aliphatic rings. The molecule has 0 unspecified atom stereocenters. The minimum absolute atomic E-state index is 0.0370. The summed E-state index contributed by atoms with van der Waals surface area (Å²) in [6, 6.07) is 0. The maximum absolute atomic E-state index is 10.0. The van der Waals surface area contributed by atoms with E-state index in [0.29, 0.717) is 6.42 Å². The van der Waals surface area contributed by atoms with Crippen molar-refractivity contribution in [1.82, 2.24) is 5.32 Å². The highest BCUT2D eigenvalue weighted by Crippen LogP contribution is 1.86. The fourth-order valence-electron chi connectivity index (χ4n) is 0.326. The fourth-order valence-corrected chi connectivity index (χ4v) is 0.326. The molecule has 0 saturated heterocycles. The number of hydrogen-bond acceptors (Lipinski definition) is 1. The Bertz CT molecular complexity index is 85.7. The number of amides is 1. The Balaban J connectivity index is 2.52. The van der Waals surface area contributed by atoms with Gasteiger partial charge in [-0.2, -0.15) is 0 Å². The van der Waals surface area contributed by atoms with Crippen molar-refractivity contribution in [3.63, 3.8) is 0 Å². The molecule has 0 spiro atoms. The van der Waals surface area contributed by atoms with E-state index in [4.69, 9.17) is 0 Å². The first-order valence-electron chi connectivity index (χ1n) is 1.74. The minimum atomic E-state index is 0.0370. The third-order valence-corrected chi connectivity index (χ3v) is 0.598. The van der Waals surface area contributed by atoms with Crippen molar-refractivity contribution in [1.29, 1.82) is 0 Å². The molecule has 0 saturated carbocycles. The summed E-state index contributed by atoms with van der Waals surface area (Å²) < 4.78 is 0. The molecule has 0 atom stereocenters. The summed E-state index contributed by atoms with van der Waals surface area (Å²) in [6.45, 7) is 0. The second kappa shape index (κ2) is 1.12. The standard InChI is InChI=1S/C4H4NO/c6-4-2-1-3-5-4/h3H,2H2,(H,5,6). The molecule has 2 heteroatoms.